The van der Waals surface area contributed by atoms with Gasteiger partial charge in [0.25, 0.3) is 0 Å². The van der Waals surface area contributed by atoms with E-state index in [2.05, 4.69) is 10.5 Å². The van der Waals surface area contributed by atoms with Gasteiger partial charge in [0.1, 0.15) is 6.17 Å². The Hall–Kier alpha value is -0.480. The first kappa shape index (κ1) is 7.52. The van der Waals surface area contributed by atoms with E-state index in [1.54, 1.807) is 6.92 Å². The van der Waals surface area contributed by atoms with Crippen molar-refractivity contribution in [3.05, 3.63) is 4.91 Å². The maximum atomic E-state index is 9.62. The second kappa shape index (κ2) is 4.67. The third-order valence-electron chi connectivity index (χ3n) is 0.710. The number of nitroso groups, excluding NO2 is 1. The number of nitrogens with one attached hydrogen (secondary N) is 1. The molecule has 0 amide bonds. The van der Waals surface area contributed by atoms with Gasteiger partial charge in [-0.3, -0.25) is 5.32 Å². The van der Waals surface area contributed by atoms with Crippen molar-refractivity contribution in [3.63, 3.8) is 0 Å². The van der Waals surface area contributed by atoms with E-state index in [9.17, 15) is 4.91 Å². The van der Waals surface area contributed by atoms with Crippen LogP contribution < -0.4 is 5.32 Å². The molecule has 0 aromatic heterocycles. The normalized spacial score (nSPS) is 13.2. The van der Waals surface area contributed by atoms with Gasteiger partial charge < -0.3 is 5.11 Å². The molecule has 0 radical (unpaired) electrons. The van der Waals surface area contributed by atoms with Crippen LogP contribution in [0.2, 0.25) is 0 Å². The van der Waals surface area contributed by atoms with Crippen LogP contribution in [0.5, 0.6) is 0 Å². The first-order chi connectivity index (χ1) is 3.81. The summed E-state index contributed by atoms with van der Waals surface area (Å²) in [5.74, 6) is 0. The predicted octanol–water partition coefficient (Wildman–Crippen LogP) is -0.319. The highest BCUT2D eigenvalue weighted by Crippen LogP contribution is 1.77. The van der Waals surface area contributed by atoms with E-state index < -0.39 is 0 Å². The topological polar surface area (TPSA) is 61.7 Å². The lowest BCUT2D eigenvalue weighted by molar-refractivity contribution is 0.286. The highest BCUT2D eigenvalue weighted by Gasteiger charge is 1.94. The molecule has 0 aliphatic rings. The van der Waals surface area contributed by atoms with Crippen LogP contribution in [0.25, 0.3) is 0 Å². The van der Waals surface area contributed by atoms with Gasteiger partial charge in [0.05, 0.1) is 6.61 Å². The number of hydrogen-bond donors (Lipinski definition) is 2. The molecule has 4 nitrogen and oxygen atoms in total. The smallest absolute Gasteiger partial charge is 0.139 e. The number of rotatable bonds is 4. The second-order valence-electron chi connectivity index (χ2n) is 1.46. The first-order valence-electron chi connectivity index (χ1n) is 2.48. The zero-order valence-corrected chi connectivity index (χ0v) is 4.79. The molecule has 48 valence electrons. The molecule has 1 atom stereocenters. The van der Waals surface area contributed by atoms with Crippen molar-refractivity contribution in [1.29, 1.82) is 0 Å². The number of aliphatic hydroxyl groups is 1. The van der Waals surface area contributed by atoms with Gasteiger partial charge in [-0.15, -0.1) is 4.91 Å². The van der Waals surface area contributed by atoms with Crippen LogP contribution in [-0.2, 0) is 0 Å². The minimum atomic E-state index is -0.387. The fourth-order valence-corrected chi connectivity index (χ4v) is 0.311. The standard InChI is InChI=1S/C4H10N2O2/c1-4(6-8)5-2-3-7/h4-5,7H,2-3H2,1H3. The Balaban J connectivity index is 2.98. The van der Waals surface area contributed by atoms with Crippen LogP contribution in [0.15, 0.2) is 5.18 Å². The number of aliphatic hydroxyl groups excluding tert-OH is 1. The zero-order valence-electron chi connectivity index (χ0n) is 4.79. The highest BCUT2D eigenvalue weighted by atomic mass is 16.3. The van der Waals surface area contributed by atoms with Crippen molar-refractivity contribution in [1.82, 2.24) is 5.32 Å². The minimum absolute atomic E-state index is 0.0415. The van der Waals surface area contributed by atoms with Gasteiger partial charge in [-0.1, -0.05) is 5.18 Å². The largest absolute Gasteiger partial charge is 0.395 e. The minimum Gasteiger partial charge on any atom is -0.395 e. The van der Waals surface area contributed by atoms with Crippen molar-refractivity contribution in [3.8, 4) is 0 Å². The summed E-state index contributed by atoms with van der Waals surface area (Å²) in [6.07, 6.45) is -0.387. The van der Waals surface area contributed by atoms with Crippen LogP contribution in [-0.4, -0.2) is 24.4 Å². The lowest BCUT2D eigenvalue weighted by Gasteiger charge is -2.00. The first-order valence-corrected chi connectivity index (χ1v) is 2.48. The fourth-order valence-electron chi connectivity index (χ4n) is 0.311. The van der Waals surface area contributed by atoms with Gasteiger partial charge in [-0.2, -0.15) is 0 Å². The quantitative estimate of drug-likeness (QED) is 0.497. The molecule has 0 rings (SSSR count). The average Bonchev–Trinajstić information content (AvgIpc) is 1.83. The highest BCUT2D eigenvalue weighted by molar-refractivity contribution is 4.53. The molecule has 4 heteroatoms. The van der Waals surface area contributed by atoms with Crippen LogP contribution in [0.3, 0.4) is 0 Å². The molecule has 0 aliphatic carbocycles. The summed E-state index contributed by atoms with van der Waals surface area (Å²) in [5.41, 5.74) is 0. The molecule has 0 saturated heterocycles. The fraction of sp³-hybridized carbons (Fsp3) is 1.00. The average molecular weight is 118 g/mol. The molecule has 0 aromatic rings. The lowest BCUT2D eigenvalue weighted by Crippen LogP contribution is -2.26. The van der Waals surface area contributed by atoms with E-state index in [0.29, 0.717) is 6.54 Å². The Bertz CT molecular complexity index is 67.1. The summed E-state index contributed by atoms with van der Waals surface area (Å²) in [6, 6.07) is 0. The maximum absolute atomic E-state index is 9.62. The van der Waals surface area contributed by atoms with Crippen molar-refractivity contribution < 1.29 is 5.11 Å². The summed E-state index contributed by atoms with van der Waals surface area (Å²) in [6.45, 7) is 2.09. The molecule has 0 aliphatic heterocycles. The summed E-state index contributed by atoms with van der Waals surface area (Å²) in [5, 5.41) is 13.5. The van der Waals surface area contributed by atoms with Gasteiger partial charge >= 0.3 is 0 Å². The van der Waals surface area contributed by atoms with Gasteiger partial charge in [-0.05, 0) is 6.92 Å². The summed E-state index contributed by atoms with van der Waals surface area (Å²) < 4.78 is 0. The lowest BCUT2D eigenvalue weighted by atomic mass is 10.5. The number of hydrogen-bond acceptors (Lipinski definition) is 4. The maximum Gasteiger partial charge on any atom is 0.139 e. The SMILES string of the molecule is CC(N=O)NCCO. The Morgan fingerprint density at radius 2 is 2.50 bits per heavy atom. The van der Waals surface area contributed by atoms with E-state index in [0.717, 1.165) is 0 Å². The monoisotopic (exact) mass is 118 g/mol. The summed E-state index contributed by atoms with van der Waals surface area (Å²) in [4.78, 5) is 9.62. The van der Waals surface area contributed by atoms with Crippen LogP contribution in [0, 0.1) is 4.91 Å². The molecule has 0 aromatic carbocycles. The van der Waals surface area contributed by atoms with Crippen LogP contribution in [0.1, 0.15) is 6.92 Å². The summed E-state index contributed by atoms with van der Waals surface area (Å²) >= 11 is 0. The molecule has 0 fully saturated rings. The number of nitrogens with zero attached hydrogens (tertiary/aromatic N) is 1. The van der Waals surface area contributed by atoms with E-state index in [1.165, 1.54) is 0 Å². The molecule has 0 spiro atoms. The Morgan fingerprint density at radius 1 is 1.88 bits per heavy atom. The molecule has 1 unspecified atom stereocenters. The van der Waals surface area contributed by atoms with E-state index in [4.69, 9.17) is 5.11 Å². The van der Waals surface area contributed by atoms with E-state index in [-0.39, 0.29) is 12.8 Å². The van der Waals surface area contributed by atoms with Crippen LogP contribution in [0.4, 0.5) is 0 Å². The third-order valence-corrected chi connectivity index (χ3v) is 0.710. The van der Waals surface area contributed by atoms with Crippen LogP contribution >= 0.6 is 0 Å². The molecular formula is C4H10N2O2. The van der Waals surface area contributed by atoms with Gasteiger partial charge in [0.15, 0.2) is 0 Å². The van der Waals surface area contributed by atoms with Crippen molar-refractivity contribution >= 4 is 0 Å². The molecule has 0 saturated carbocycles. The van der Waals surface area contributed by atoms with Gasteiger partial charge in [0, 0.05) is 6.54 Å². The van der Waals surface area contributed by atoms with Gasteiger partial charge in [-0.25, -0.2) is 0 Å². The van der Waals surface area contributed by atoms with E-state index >= 15 is 0 Å². The molecular weight excluding hydrogens is 108 g/mol. The van der Waals surface area contributed by atoms with Crippen molar-refractivity contribution in [2.24, 2.45) is 5.18 Å². The van der Waals surface area contributed by atoms with Crippen molar-refractivity contribution in [2.45, 2.75) is 13.1 Å². The predicted molar refractivity (Wildman–Crippen MR) is 30.3 cm³/mol. The molecule has 0 bridgehead atoms. The Kier molecular flexibility index (Phi) is 4.39. The Labute approximate surface area is 47.9 Å². The molecule has 0 heterocycles. The van der Waals surface area contributed by atoms with Gasteiger partial charge in [0.2, 0.25) is 0 Å². The summed E-state index contributed by atoms with van der Waals surface area (Å²) in [7, 11) is 0. The van der Waals surface area contributed by atoms with Crippen molar-refractivity contribution in [2.75, 3.05) is 13.2 Å². The third kappa shape index (κ3) is 3.70. The molecule has 2 N–H and O–H groups in total. The zero-order chi connectivity index (χ0) is 6.41. The second-order valence-corrected chi connectivity index (χ2v) is 1.46. The van der Waals surface area contributed by atoms with E-state index in [1.807, 2.05) is 0 Å². The molecule has 8 heavy (non-hydrogen) atoms. The Morgan fingerprint density at radius 3 is 2.88 bits per heavy atom.